The van der Waals surface area contributed by atoms with Gasteiger partial charge in [0.05, 0.1) is 17.7 Å². The van der Waals surface area contributed by atoms with E-state index in [1.54, 1.807) is 0 Å². The van der Waals surface area contributed by atoms with Crippen LogP contribution in [0.25, 0.3) is 0 Å². The number of carbonyl (C=O) groups excluding carboxylic acids is 1. The normalized spacial score (nSPS) is 22.6. The number of rotatable bonds is 6. The molecule has 2 aromatic rings. The van der Waals surface area contributed by atoms with Gasteiger partial charge >= 0.3 is 0 Å². The number of aryl methyl sites for hydroxylation is 2. The summed E-state index contributed by atoms with van der Waals surface area (Å²) in [5, 5.41) is 14.2. The van der Waals surface area contributed by atoms with E-state index in [2.05, 4.69) is 17.2 Å². The first-order valence-corrected chi connectivity index (χ1v) is 10.4. The monoisotopic (exact) mass is 381 g/mol. The van der Waals surface area contributed by atoms with Gasteiger partial charge in [0.2, 0.25) is 5.91 Å². The molecule has 1 N–H and O–H groups in total. The molecule has 0 radical (unpaired) electrons. The van der Waals surface area contributed by atoms with Crippen LogP contribution in [0.1, 0.15) is 54.6 Å². The quantitative estimate of drug-likeness (QED) is 0.836. The molecule has 1 amide bonds. The van der Waals surface area contributed by atoms with Gasteiger partial charge < -0.3 is 10.0 Å². The number of benzene rings is 1. The van der Waals surface area contributed by atoms with E-state index in [4.69, 9.17) is 0 Å². The Hall–Kier alpha value is -2.14. The summed E-state index contributed by atoms with van der Waals surface area (Å²) in [7, 11) is 1.93. The highest BCUT2D eigenvalue weighted by Gasteiger charge is 2.73. The van der Waals surface area contributed by atoms with Crippen molar-refractivity contribution in [2.24, 2.45) is 12.5 Å². The maximum absolute atomic E-state index is 14.0. The highest BCUT2D eigenvalue weighted by atomic mass is 16.3. The molecule has 1 atom stereocenters. The molecule has 2 fully saturated rings. The summed E-state index contributed by atoms with van der Waals surface area (Å²) in [5.74, 6) is 0.178. The molecule has 28 heavy (non-hydrogen) atoms. The molecule has 1 aromatic carbocycles. The van der Waals surface area contributed by atoms with Crippen molar-refractivity contribution >= 4 is 5.91 Å². The molecule has 150 valence electrons. The molecule has 0 aliphatic heterocycles. The molecule has 1 heterocycles. The third-order valence-electron chi connectivity index (χ3n) is 7.24. The van der Waals surface area contributed by atoms with E-state index in [-0.39, 0.29) is 17.9 Å². The highest BCUT2D eigenvalue weighted by molar-refractivity contribution is 5.93. The summed E-state index contributed by atoms with van der Waals surface area (Å²) in [4.78, 5) is 15.9. The van der Waals surface area contributed by atoms with E-state index in [0.717, 1.165) is 41.8 Å². The molecule has 2 aliphatic rings. The second-order valence-corrected chi connectivity index (χ2v) is 8.66. The van der Waals surface area contributed by atoms with Crippen LogP contribution in [0.5, 0.6) is 0 Å². The predicted octanol–water partition coefficient (Wildman–Crippen LogP) is 3.26. The fourth-order valence-corrected chi connectivity index (χ4v) is 5.56. The number of amides is 1. The smallest absolute Gasteiger partial charge is 0.234 e. The van der Waals surface area contributed by atoms with Crippen molar-refractivity contribution in [3.8, 4) is 0 Å². The molecule has 5 nitrogen and oxygen atoms in total. The Morgan fingerprint density at radius 3 is 2.46 bits per heavy atom. The van der Waals surface area contributed by atoms with Gasteiger partial charge in [0.15, 0.2) is 0 Å². The van der Waals surface area contributed by atoms with Crippen LogP contribution >= 0.6 is 0 Å². The Labute approximate surface area is 167 Å². The SMILES string of the molecule is Cc1nn(C)c(C)c1CN(CCO)C(=O)C1(c2ccccc2)CC12CCCC2. The van der Waals surface area contributed by atoms with E-state index in [1.165, 1.54) is 12.8 Å². The predicted molar refractivity (Wildman–Crippen MR) is 109 cm³/mol. The molecule has 1 unspecified atom stereocenters. The molecule has 0 saturated heterocycles. The minimum Gasteiger partial charge on any atom is -0.395 e. The van der Waals surface area contributed by atoms with Crippen LogP contribution in [-0.2, 0) is 23.8 Å². The topological polar surface area (TPSA) is 58.4 Å². The standard InChI is InChI=1S/C23H31N3O2/c1-17-20(18(2)25(3)24-17)15-26(13-14-27)21(28)23(19-9-5-4-6-10-19)16-22(23)11-7-8-12-22/h4-6,9-10,27H,7-8,11-16H2,1-3H3. The zero-order valence-electron chi connectivity index (χ0n) is 17.2. The molecule has 5 heteroatoms. The molecular weight excluding hydrogens is 350 g/mol. The van der Waals surface area contributed by atoms with Crippen molar-refractivity contribution in [3.05, 3.63) is 52.8 Å². The largest absolute Gasteiger partial charge is 0.395 e. The summed E-state index contributed by atoms with van der Waals surface area (Å²) in [6, 6.07) is 10.3. The number of hydrogen-bond acceptors (Lipinski definition) is 3. The second kappa shape index (κ2) is 7.03. The number of hydrogen-bond donors (Lipinski definition) is 1. The van der Waals surface area contributed by atoms with E-state index in [1.807, 2.05) is 48.7 Å². The van der Waals surface area contributed by atoms with Gasteiger partial charge in [-0.25, -0.2) is 0 Å². The van der Waals surface area contributed by atoms with Crippen molar-refractivity contribution in [1.82, 2.24) is 14.7 Å². The van der Waals surface area contributed by atoms with Gasteiger partial charge in [-0.3, -0.25) is 9.48 Å². The van der Waals surface area contributed by atoms with Crippen molar-refractivity contribution in [2.75, 3.05) is 13.2 Å². The van der Waals surface area contributed by atoms with Crippen LogP contribution in [-0.4, -0.2) is 38.8 Å². The lowest BCUT2D eigenvalue weighted by Gasteiger charge is -2.30. The Balaban J connectivity index is 1.70. The number of nitrogens with zero attached hydrogens (tertiary/aromatic N) is 3. The summed E-state index contributed by atoms with van der Waals surface area (Å²) in [6.45, 7) is 4.88. The fraction of sp³-hybridized carbons (Fsp3) is 0.565. The van der Waals surface area contributed by atoms with E-state index in [0.29, 0.717) is 13.1 Å². The number of aliphatic hydroxyl groups excluding tert-OH is 1. The first kappa shape index (κ1) is 19.2. The Bertz CT molecular complexity index is 867. The fourth-order valence-electron chi connectivity index (χ4n) is 5.56. The minimum atomic E-state index is -0.427. The van der Waals surface area contributed by atoms with Crippen molar-refractivity contribution in [2.45, 2.75) is 57.9 Å². The third-order valence-corrected chi connectivity index (χ3v) is 7.24. The van der Waals surface area contributed by atoms with Crippen LogP contribution in [0.2, 0.25) is 0 Å². The van der Waals surface area contributed by atoms with Crippen LogP contribution in [0.3, 0.4) is 0 Å². The van der Waals surface area contributed by atoms with Gasteiger partial charge in [0.25, 0.3) is 0 Å². The average molecular weight is 382 g/mol. The zero-order chi connectivity index (χ0) is 19.9. The van der Waals surface area contributed by atoms with E-state index >= 15 is 0 Å². The van der Waals surface area contributed by atoms with E-state index < -0.39 is 5.41 Å². The minimum absolute atomic E-state index is 0.0258. The van der Waals surface area contributed by atoms with Crippen LogP contribution in [0, 0.1) is 19.3 Å². The van der Waals surface area contributed by atoms with Crippen LogP contribution in [0.15, 0.2) is 30.3 Å². The lowest BCUT2D eigenvalue weighted by Crippen LogP contribution is -2.43. The first-order valence-electron chi connectivity index (χ1n) is 10.4. The summed E-state index contributed by atoms with van der Waals surface area (Å²) < 4.78 is 1.87. The number of aromatic nitrogens is 2. The van der Waals surface area contributed by atoms with Crippen molar-refractivity contribution < 1.29 is 9.90 Å². The van der Waals surface area contributed by atoms with E-state index in [9.17, 15) is 9.90 Å². The Morgan fingerprint density at radius 1 is 1.21 bits per heavy atom. The maximum atomic E-state index is 14.0. The lowest BCUT2D eigenvalue weighted by atomic mass is 9.83. The molecule has 2 saturated carbocycles. The molecule has 0 bridgehead atoms. The second-order valence-electron chi connectivity index (χ2n) is 8.66. The zero-order valence-corrected chi connectivity index (χ0v) is 17.2. The first-order chi connectivity index (χ1) is 13.4. The number of carbonyl (C=O) groups is 1. The van der Waals surface area contributed by atoms with Gasteiger partial charge in [-0.05, 0) is 44.1 Å². The summed E-state index contributed by atoms with van der Waals surface area (Å²) in [5.41, 5.74) is 3.95. The van der Waals surface area contributed by atoms with Crippen LogP contribution in [0.4, 0.5) is 0 Å². The maximum Gasteiger partial charge on any atom is 0.234 e. The lowest BCUT2D eigenvalue weighted by molar-refractivity contribution is -0.136. The molecule has 2 aliphatic carbocycles. The molecular formula is C23H31N3O2. The van der Waals surface area contributed by atoms with Gasteiger partial charge in [-0.2, -0.15) is 5.10 Å². The Morgan fingerprint density at radius 2 is 1.89 bits per heavy atom. The summed E-state index contributed by atoms with van der Waals surface area (Å²) in [6.07, 6.45) is 5.62. The highest BCUT2D eigenvalue weighted by Crippen LogP contribution is 2.72. The molecule has 4 rings (SSSR count). The van der Waals surface area contributed by atoms with Crippen molar-refractivity contribution in [1.29, 1.82) is 0 Å². The van der Waals surface area contributed by atoms with Gasteiger partial charge in [-0.15, -0.1) is 0 Å². The van der Waals surface area contributed by atoms with Gasteiger partial charge in [0.1, 0.15) is 0 Å². The number of aliphatic hydroxyl groups is 1. The molecule has 1 spiro atoms. The van der Waals surface area contributed by atoms with Crippen molar-refractivity contribution in [3.63, 3.8) is 0 Å². The van der Waals surface area contributed by atoms with Gasteiger partial charge in [0, 0.05) is 31.4 Å². The Kier molecular flexibility index (Phi) is 4.82. The average Bonchev–Trinajstić information content (AvgIpc) is 2.97. The molecule has 1 aromatic heterocycles. The van der Waals surface area contributed by atoms with Gasteiger partial charge in [-0.1, -0.05) is 43.2 Å². The summed E-state index contributed by atoms with van der Waals surface area (Å²) >= 11 is 0. The third kappa shape index (κ3) is 2.79. The van der Waals surface area contributed by atoms with Crippen LogP contribution < -0.4 is 0 Å².